The molecule has 0 aliphatic rings. The predicted octanol–water partition coefficient (Wildman–Crippen LogP) is 4.02. The second kappa shape index (κ2) is 9.39. The summed E-state index contributed by atoms with van der Waals surface area (Å²) < 4.78 is 0. The number of amides is 2. The second-order valence-corrected chi connectivity index (χ2v) is 6.99. The van der Waals surface area contributed by atoms with E-state index in [0.29, 0.717) is 21.3 Å². The first-order valence-electron chi connectivity index (χ1n) is 8.23. The molecule has 0 heterocycles. The van der Waals surface area contributed by atoms with Crippen molar-refractivity contribution in [2.45, 2.75) is 26.8 Å². The first-order valence-corrected chi connectivity index (χ1v) is 8.98. The highest BCUT2D eigenvalue weighted by molar-refractivity contribution is 6.35. The molecule has 0 fully saturated rings. The number of hydrogen-bond acceptors (Lipinski definition) is 4. The Labute approximate surface area is 167 Å². The van der Waals surface area contributed by atoms with Gasteiger partial charge in [-0.25, -0.2) is 5.43 Å². The summed E-state index contributed by atoms with van der Waals surface area (Å²) in [6.07, 6.45) is 1.41. The molecule has 8 heteroatoms. The molecular formula is C19H20Cl2N4O2. The minimum atomic E-state index is -0.846. The van der Waals surface area contributed by atoms with Gasteiger partial charge in [0.2, 0.25) is 0 Å². The van der Waals surface area contributed by atoms with Gasteiger partial charge in [0.15, 0.2) is 0 Å². The summed E-state index contributed by atoms with van der Waals surface area (Å²) in [5.41, 5.74) is 5.30. The van der Waals surface area contributed by atoms with Gasteiger partial charge < -0.3 is 10.6 Å². The average Bonchev–Trinajstić information content (AvgIpc) is 2.59. The molecule has 0 unspecified atom stereocenters. The maximum Gasteiger partial charge on any atom is 0.329 e. The molecule has 2 aromatic rings. The van der Waals surface area contributed by atoms with Gasteiger partial charge in [0.25, 0.3) is 0 Å². The average molecular weight is 407 g/mol. The van der Waals surface area contributed by atoms with Gasteiger partial charge >= 0.3 is 11.8 Å². The number of benzene rings is 2. The van der Waals surface area contributed by atoms with E-state index in [4.69, 9.17) is 23.2 Å². The summed E-state index contributed by atoms with van der Waals surface area (Å²) in [6.45, 7) is 5.44. The molecule has 0 saturated heterocycles. The SMILES string of the molecule is Cc1ccc(Nc2ccc(Cl)cc2/C=N\NC(=O)C(=O)NC(C)C)cc1Cl. The highest BCUT2D eigenvalue weighted by Gasteiger charge is 2.13. The van der Waals surface area contributed by atoms with Gasteiger partial charge in [-0.05, 0) is 56.7 Å². The summed E-state index contributed by atoms with van der Waals surface area (Å²) in [5.74, 6) is -1.59. The topological polar surface area (TPSA) is 82.6 Å². The molecule has 2 aromatic carbocycles. The standard InChI is InChI=1S/C19H20Cl2N4O2/c1-11(2)23-18(26)19(27)25-22-10-13-8-14(20)5-7-17(13)24-15-6-4-12(3)16(21)9-15/h4-11,24H,1-3H3,(H,23,26)(H,25,27)/b22-10-. The van der Waals surface area contributed by atoms with Gasteiger partial charge in [0, 0.05) is 33.0 Å². The zero-order valence-corrected chi connectivity index (χ0v) is 16.7. The Balaban J connectivity index is 2.14. The zero-order chi connectivity index (χ0) is 20.0. The number of carbonyl (C=O) groups is 2. The van der Waals surface area contributed by atoms with E-state index in [1.807, 2.05) is 25.1 Å². The minimum absolute atomic E-state index is 0.141. The van der Waals surface area contributed by atoms with Crippen molar-refractivity contribution in [3.05, 3.63) is 57.6 Å². The van der Waals surface area contributed by atoms with Crippen LogP contribution in [0.25, 0.3) is 0 Å². The van der Waals surface area contributed by atoms with E-state index in [0.717, 1.165) is 11.3 Å². The summed E-state index contributed by atoms with van der Waals surface area (Å²) in [6, 6.07) is 10.7. The fourth-order valence-corrected chi connectivity index (χ4v) is 2.48. The first-order chi connectivity index (χ1) is 12.8. The fraction of sp³-hybridized carbons (Fsp3) is 0.211. The lowest BCUT2D eigenvalue weighted by molar-refractivity contribution is -0.139. The Morgan fingerprint density at radius 2 is 1.81 bits per heavy atom. The molecule has 0 bridgehead atoms. The van der Waals surface area contributed by atoms with Gasteiger partial charge in [-0.15, -0.1) is 0 Å². The van der Waals surface area contributed by atoms with Crippen LogP contribution in [0.15, 0.2) is 41.5 Å². The quantitative estimate of drug-likeness (QED) is 0.398. The number of nitrogens with one attached hydrogen (secondary N) is 3. The molecule has 0 spiro atoms. The Hall–Kier alpha value is -2.57. The molecule has 0 atom stereocenters. The van der Waals surface area contributed by atoms with E-state index in [1.54, 1.807) is 32.0 Å². The molecule has 142 valence electrons. The lowest BCUT2D eigenvalue weighted by atomic mass is 10.1. The Morgan fingerprint density at radius 3 is 2.48 bits per heavy atom. The minimum Gasteiger partial charge on any atom is -0.355 e. The first kappa shape index (κ1) is 20.7. The van der Waals surface area contributed by atoms with Crippen molar-refractivity contribution >= 4 is 52.6 Å². The summed E-state index contributed by atoms with van der Waals surface area (Å²) >= 11 is 12.2. The van der Waals surface area contributed by atoms with Crippen LogP contribution in [0.5, 0.6) is 0 Å². The number of aryl methyl sites for hydroxylation is 1. The molecule has 27 heavy (non-hydrogen) atoms. The van der Waals surface area contributed by atoms with E-state index >= 15 is 0 Å². The summed E-state index contributed by atoms with van der Waals surface area (Å²) in [4.78, 5) is 23.3. The number of hydrogen-bond donors (Lipinski definition) is 3. The van der Waals surface area contributed by atoms with E-state index in [1.165, 1.54) is 6.21 Å². The van der Waals surface area contributed by atoms with Gasteiger partial charge in [-0.3, -0.25) is 9.59 Å². The molecule has 2 rings (SSSR count). The van der Waals surface area contributed by atoms with Gasteiger partial charge in [-0.2, -0.15) is 5.10 Å². The van der Waals surface area contributed by atoms with Crippen LogP contribution < -0.4 is 16.1 Å². The number of nitrogens with zero attached hydrogens (tertiary/aromatic N) is 1. The molecular weight excluding hydrogens is 387 g/mol. The van der Waals surface area contributed by atoms with Crippen LogP contribution in [-0.4, -0.2) is 24.1 Å². The molecule has 0 saturated carbocycles. The maximum atomic E-state index is 11.7. The van der Waals surface area contributed by atoms with Crippen LogP contribution in [-0.2, 0) is 9.59 Å². The third-order valence-electron chi connectivity index (χ3n) is 3.46. The van der Waals surface area contributed by atoms with Crippen molar-refractivity contribution in [2.24, 2.45) is 5.10 Å². The molecule has 0 aliphatic heterocycles. The largest absolute Gasteiger partial charge is 0.355 e. The lowest BCUT2D eigenvalue weighted by Crippen LogP contribution is -2.41. The number of rotatable bonds is 5. The molecule has 2 amide bonds. The smallest absolute Gasteiger partial charge is 0.329 e. The lowest BCUT2D eigenvalue weighted by Gasteiger charge is -2.11. The summed E-state index contributed by atoms with van der Waals surface area (Å²) in [5, 5.41) is 10.7. The maximum absolute atomic E-state index is 11.7. The monoisotopic (exact) mass is 406 g/mol. The Bertz CT molecular complexity index is 882. The van der Waals surface area contributed by atoms with Crippen molar-refractivity contribution in [2.75, 3.05) is 5.32 Å². The number of hydrazone groups is 1. The van der Waals surface area contributed by atoms with Gasteiger partial charge in [-0.1, -0.05) is 29.3 Å². The van der Waals surface area contributed by atoms with E-state index in [-0.39, 0.29) is 6.04 Å². The van der Waals surface area contributed by atoms with Crippen LogP contribution >= 0.6 is 23.2 Å². The van der Waals surface area contributed by atoms with Crippen LogP contribution in [0.1, 0.15) is 25.0 Å². The molecule has 0 aliphatic carbocycles. The molecule has 0 radical (unpaired) electrons. The van der Waals surface area contributed by atoms with E-state index in [2.05, 4.69) is 21.2 Å². The van der Waals surface area contributed by atoms with E-state index < -0.39 is 11.8 Å². The zero-order valence-electron chi connectivity index (χ0n) is 15.1. The highest BCUT2D eigenvalue weighted by Crippen LogP contribution is 2.26. The fourth-order valence-electron chi connectivity index (χ4n) is 2.12. The van der Waals surface area contributed by atoms with Crippen molar-refractivity contribution < 1.29 is 9.59 Å². The Morgan fingerprint density at radius 1 is 1.07 bits per heavy atom. The Kier molecular flexibility index (Phi) is 7.21. The third-order valence-corrected chi connectivity index (χ3v) is 4.10. The molecule has 6 nitrogen and oxygen atoms in total. The number of carbonyl (C=O) groups excluding carboxylic acids is 2. The number of anilines is 2. The van der Waals surface area contributed by atoms with Crippen LogP contribution in [0.2, 0.25) is 10.0 Å². The van der Waals surface area contributed by atoms with Crippen molar-refractivity contribution in [3.8, 4) is 0 Å². The van der Waals surface area contributed by atoms with Crippen molar-refractivity contribution in [1.29, 1.82) is 0 Å². The molecule has 3 N–H and O–H groups in total. The predicted molar refractivity (Wildman–Crippen MR) is 110 cm³/mol. The van der Waals surface area contributed by atoms with Crippen molar-refractivity contribution in [1.82, 2.24) is 10.7 Å². The number of halogens is 2. The normalized spacial score (nSPS) is 10.9. The van der Waals surface area contributed by atoms with Crippen molar-refractivity contribution in [3.63, 3.8) is 0 Å². The van der Waals surface area contributed by atoms with Crippen LogP contribution in [0, 0.1) is 6.92 Å². The van der Waals surface area contributed by atoms with Gasteiger partial charge in [0.05, 0.1) is 6.21 Å². The second-order valence-electron chi connectivity index (χ2n) is 6.15. The van der Waals surface area contributed by atoms with E-state index in [9.17, 15) is 9.59 Å². The third kappa shape index (κ3) is 6.27. The summed E-state index contributed by atoms with van der Waals surface area (Å²) in [7, 11) is 0. The van der Waals surface area contributed by atoms with Crippen LogP contribution in [0.4, 0.5) is 11.4 Å². The highest BCUT2D eigenvalue weighted by atomic mass is 35.5. The van der Waals surface area contributed by atoms with Gasteiger partial charge in [0.1, 0.15) is 0 Å². The molecule has 0 aromatic heterocycles. The van der Waals surface area contributed by atoms with Crippen LogP contribution in [0.3, 0.4) is 0 Å².